The molecule has 0 aromatic carbocycles. The fraction of sp³-hybridized carbons (Fsp3) is 0.500. The van der Waals surface area contributed by atoms with E-state index in [4.69, 9.17) is 0 Å². The van der Waals surface area contributed by atoms with Crippen LogP contribution in [-0.2, 0) is 0 Å². The summed E-state index contributed by atoms with van der Waals surface area (Å²) in [6.07, 6.45) is 6.67. The van der Waals surface area contributed by atoms with E-state index in [-0.39, 0.29) is 6.03 Å². The molecule has 20 heavy (non-hydrogen) atoms. The molecule has 2 aliphatic rings. The number of fused-ring (bicyclic) bond motifs is 1. The van der Waals surface area contributed by atoms with Gasteiger partial charge in [0, 0.05) is 30.1 Å². The SMILES string of the molecule is O=C(NCC1CC1)Nc1cc2[nH]nc(C3CC3)c2cn1. The summed E-state index contributed by atoms with van der Waals surface area (Å²) in [5.74, 6) is 1.81. The Hall–Kier alpha value is -2.11. The molecule has 0 radical (unpaired) electrons. The van der Waals surface area contributed by atoms with Crippen LogP contribution < -0.4 is 10.6 Å². The summed E-state index contributed by atoms with van der Waals surface area (Å²) in [7, 11) is 0. The van der Waals surface area contributed by atoms with Crippen LogP contribution in [-0.4, -0.2) is 27.8 Å². The molecule has 2 aromatic rings. The number of rotatable bonds is 4. The molecular weight excluding hydrogens is 254 g/mol. The van der Waals surface area contributed by atoms with Crippen LogP contribution in [0.5, 0.6) is 0 Å². The molecule has 0 atom stereocenters. The Labute approximate surface area is 116 Å². The van der Waals surface area contributed by atoms with Gasteiger partial charge in [-0.3, -0.25) is 10.4 Å². The first-order chi connectivity index (χ1) is 9.79. The monoisotopic (exact) mass is 271 g/mol. The Morgan fingerprint density at radius 1 is 1.35 bits per heavy atom. The Balaban J connectivity index is 1.47. The third-order valence-corrected chi connectivity index (χ3v) is 3.93. The van der Waals surface area contributed by atoms with Gasteiger partial charge in [0.25, 0.3) is 0 Å². The number of H-pyrrole nitrogens is 1. The first-order valence-corrected chi connectivity index (χ1v) is 7.18. The first kappa shape index (κ1) is 11.7. The maximum absolute atomic E-state index is 11.7. The molecule has 2 heterocycles. The number of hydrogen-bond acceptors (Lipinski definition) is 3. The maximum Gasteiger partial charge on any atom is 0.320 e. The number of nitrogens with zero attached hydrogens (tertiary/aromatic N) is 2. The second-order valence-electron chi connectivity index (χ2n) is 5.78. The summed E-state index contributed by atoms with van der Waals surface area (Å²) in [4.78, 5) is 16.0. The molecule has 104 valence electrons. The second kappa shape index (κ2) is 4.47. The zero-order chi connectivity index (χ0) is 13.5. The third-order valence-electron chi connectivity index (χ3n) is 3.93. The predicted molar refractivity (Wildman–Crippen MR) is 75.6 cm³/mol. The van der Waals surface area contributed by atoms with Crippen molar-refractivity contribution in [3.05, 3.63) is 18.0 Å². The van der Waals surface area contributed by atoms with Crippen LogP contribution in [0.4, 0.5) is 10.6 Å². The minimum Gasteiger partial charge on any atom is -0.338 e. The summed E-state index contributed by atoms with van der Waals surface area (Å²) >= 11 is 0. The minimum absolute atomic E-state index is 0.189. The van der Waals surface area contributed by atoms with Crippen LogP contribution in [0.25, 0.3) is 10.9 Å². The fourth-order valence-electron chi connectivity index (χ4n) is 2.39. The van der Waals surface area contributed by atoms with Crippen molar-refractivity contribution in [1.82, 2.24) is 20.5 Å². The van der Waals surface area contributed by atoms with E-state index in [1.54, 1.807) is 6.20 Å². The van der Waals surface area contributed by atoms with Crippen molar-refractivity contribution in [3.63, 3.8) is 0 Å². The van der Waals surface area contributed by atoms with Crippen LogP contribution in [0.3, 0.4) is 0 Å². The normalized spacial score (nSPS) is 18.2. The Kier molecular flexibility index (Phi) is 2.61. The number of urea groups is 1. The quantitative estimate of drug-likeness (QED) is 0.798. The van der Waals surface area contributed by atoms with Gasteiger partial charge >= 0.3 is 6.03 Å². The van der Waals surface area contributed by atoms with Gasteiger partial charge in [0.2, 0.25) is 0 Å². The van der Waals surface area contributed by atoms with Gasteiger partial charge in [-0.1, -0.05) is 0 Å². The van der Waals surface area contributed by atoms with Crippen LogP contribution in [0.15, 0.2) is 12.3 Å². The number of pyridine rings is 1. The lowest BCUT2D eigenvalue weighted by molar-refractivity contribution is 0.251. The highest BCUT2D eigenvalue weighted by molar-refractivity contribution is 5.91. The smallest absolute Gasteiger partial charge is 0.320 e. The van der Waals surface area contributed by atoms with Gasteiger partial charge in [0.15, 0.2) is 0 Å². The van der Waals surface area contributed by atoms with Crippen LogP contribution in [0.1, 0.15) is 37.3 Å². The molecule has 2 aliphatic carbocycles. The summed E-state index contributed by atoms with van der Waals surface area (Å²) in [6, 6.07) is 1.65. The maximum atomic E-state index is 11.7. The topological polar surface area (TPSA) is 82.7 Å². The van der Waals surface area contributed by atoms with Gasteiger partial charge in [0.1, 0.15) is 5.82 Å². The number of anilines is 1. The lowest BCUT2D eigenvalue weighted by Gasteiger charge is -2.06. The van der Waals surface area contributed by atoms with Crippen molar-refractivity contribution in [2.24, 2.45) is 5.92 Å². The van der Waals surface area contributed by atoms with E-state index < -0.39 is 0 Å². The van der Waals surface area contributed by atoms with E-state index in [0.717, 1.165) is 23.1 Å². The summed E-state index contributed by atoms with van der Waals surface area (Å²) in [6.45, 7) is 0.754. The predicted octanol–water partition coefficient (Wildman–Crippen LogP) is 2.37. The highest BCUT2D eigenvalue weighted by Crippen LogP contribution is 2.41. The number of aromatic amines is 1. The average Bonchev–Trinajstić information content (AvgIpc) is 3.35. The molecule has 2 aromatic heterocycles. The molecular formula is C14H17N5O. The first-order valence-electron chi connectivity index (χ1n) is 7.18. The van der Waals surface area contributed by atoms with Crippen LogP contribution in [0.2, 0.25) is 0 Å². The van der Waals surface area contributed by atoms with E-state index in [1.807, 2.05) is 6.07 Å². The van der Waals surface area contributed by atoms with E-state index in [2.05, 4.69) is 25.8 Å². The fourth-order valence-corrected chi connectivity index (χ4v) is 2.39. The molecule has 2 fully saturated rings. The number of nitrogens with one attached hydrogen (secondary N) is 3. The molecule has 0 saturated heterocycles. The van der Waals surface area contributed by atoms with Gasteiger partial charge in [-0.25, -0.2) is 9.78 Å². The molecule has 3 N–H and O–H groups in total. The largest absolute Gasteiger partial charge is 0.338 e. The van der Waals surface area contributed by atoms with E-state index in [9.17, 15) is 4.79 Å². The van der Waals surface area contributed by atoms with Crippen molar-refractivity contribution >= 4 is 22.8 Å². The lowest BCUT2D eigenvalue weighted by atomic mass is 10.2. The van der Waals surface area contributed by atoms with Crippen molar-refractivity contribution in [2.75, 3.05) is 11.9 Å². The number of carbonyl (C=O) groups excluding carboxylic acids is 1. The van der Waals surface area contributed by atoms with Crippen molar-refractivity contribution in [1.29, 1.82) is 0 Å². The molecule has 0 spiro atoms. The molecule has 6 heteroatoms. The molecule has 4 rings (SSSR count). The molecule has 0 unspecified atom stereocenters. The molecule has 0 bridgehead atoms. The molecule has 2 amide bonds. The van der Waals surface area contributed by atoms with E-state index >= 15 is 0 Å². The Morgan fingerprint density at radius 2 is 2.20 bits per heavy atom. The highest BCUT2D eigenvalue weighted by Gasteiger charge is 2.28. The minimum atomic E-state index is -0.189. The highest BCUT2D eigenvalue weighted by atomic mass is 16.2. The van der Waals surface area contributed by atoms with Crippen molar-refractivity contribution in [2.45, 2.75) is 31.6 Å². The molecule has 6 nitrogen and oxygen atoms in total. The van der Waals surface area contributed by atoms with Gasteiger partial charge in [-0.2, -0.15) is 5.10 Å². The second-order valence-corrected chi connectivity index (χ2v) is 5.78. The number of amides is 2. The number of carbonyl (C=O) groups is 1. The Morgan fingerprint density at radius 3 is 2.95 bits per heavy atom. The van der Waals surface area contributed by atoms with Crippen molar-refractivity contribution < 1.29 is 4.79 Å². The third kappa shape index (κ3) is 2.33. The number of aromatic nitrogens is 3. The van der Waals surface area contributed by atoms with Gasteiger partial charge < -0.3 is 5.32 Å². The summed E-state index contributed by atoms with van der Waals surface area (Å²) in [5.41, 5.74) is 2.04. The standard InChI is InChI=1S/C14H17N5O/c20-14(16-6-8-1-2-8)17-12-5-11-10(7-15-12)13(19-18-11)9-3-4-9/h5,7-9H,1-4,6H2,(H,18,19)(H2,15,16,17,20). The zero-order valence-corrected chi connectivity index (χ0v) is 11.1. The Bertz CT molecular complexity index is 657. The van der Waals surface area contributed by atoms with Gasteiger partial charge in [-0.05, 0) is 31.6 Å². The van der Waals surface area contributed by atoms with Crippen LogP contribution in [0, 0.1) is 5.92 Å². The van der Waals surface area contributed by atoms with Gasteiger partial charge in [0.05, 0.1) is 11.2 Å². The zero-order valence-electron chi connectivity index (χ0n) is 11.1. The van der Waals surface area contributed by atoms with Gasteiger partial charge in [-0.15, -0.1) is 0 Å². The van der Waals surface area contributed by atoms with Crippen LogP contribution >= 0.6 is 0 Å². The summed E-state index contributed by atoms with van der Waals surface area (Å²) in [5, 5.41) is 14.1. The summed E-state index contributed by atoms with van der Waals surface area (Å²) < 4.78 is 0. The number of hydrogen-bond donors (Lipinski definition) is 3. The van der Waals surface area contributed by atoms with E-state index in [0.29, 0.717) is 17.7 Å². The van der Waals surface area contributed by atoms with E-state index in [1.165, 1.54) is 25.7 Å². The molecule has 2 saturated carbocycles. The van der Waals surface area contributed by atoms with Crippen molar-refractivity contribution in [3.8, 4) is 0 Å². The molecule has 0 aliphatic heterocycles. The lowest BCUT2D eigenvalue weighted by Crippen LogP contribution is -2.30. The average molecular weight is 271 g/mol.